The molecule has 0 atom stereocenters. The van der Waals surface area contributed by atoms with Gasteiger partial charge in [0.05, 0.1) is 16.6 Å². The van der Waals surface area contributed by atoms with Crippen LogP contribution in [-0.2, 0) is 6.42 Å². The SMILES string of the molecule is CCc1nn2c(ncc3c(=O)n(NC(N)=S)ccc32)c1-c1ccc(Cl)cc1. The van der Waals surface area contributed by atoms with Crippen LogP contribution in [0.1, 0.15) is 12.6 Å². The summed E-state index contributed by atoms with van der Waals surface area (Å²) >= 11 is 10.8. The average molecular weight is 399 g/mol. The number of halogens is 1. The number of pyridine rings is 1. The van der Waals surface area contributed by atoms with Gasteiger partial charge in [-0.25, -0.2) is 14.2 Å². The number of hydrogen-bond acceptors (Lipinski definition) is 4. The minimum absolute atomic E-state index is 0.00266. The van der Waals surface area contributed by atoms with Crippen molar-refractivity contribution in [2.24, 2.45) is 5.73 Å². The fourth-order valence-corrected chi connectivity index (χ4v) is 3.30. The van der Waals surface area contributed by atoms with Gasteiger partial charge in [0.1, 0.15) is 0 Å². The Morgan fingerprint density at radius 2 is 2.04 bits per heavy atom. The lowest BCUT2D eigenvalue weighted by Crippen LogP contribution is -2.35. The van der Waals surface area contributed by atoms with Crippen LogP contribution < -0.4 is 16.7 Å². The second kappa shape index (κ2) is 6.64. The van der Waals surface area contributed by atoms with Crippen LogP contribution in [0.15, 0.2) is 47.5 Å². The average Bonchev–Trinajstić information content (AvgIpc) is 3.03. The van der Waals surface area contributed by atoms with Crippen LogP contribution in [0, 0.1) is 0 Å². The summed E-state index contributed by atoms with van der Waals surface area (Å²) in [5, 5.41) is 5.76. The highest BCUT2D eigenvalue weighted by Gasteiger charge is 2.17. The zero-order valence-electron chi connectivity index (χ0n) is 14.3. The fourth-order valence-electron chi connectivity index (χ4n) is 3.08. The van der Waals surface area contributed by atoms with E-state index in [2.05, 4.69) is 10.4 Å². The number of benzene rings is 1. The molecule has 27 heavy (non-hydrogen) atoms. The number of nitrogens with zero attached hydrogens (tertiary/aromatic N) is 4. The molecule has 9 heteroatoms. The summed E-state index contributed by atoms with van der Waals surface area (Å²) < 4.78 is 2.92. The first-order chi connectivity index (χ1) is 13.0. The van der Waals surface area contributed by atoms with Crippen LogP contribution in [0.5, 0.6) is 0 Å². The van der Waals surface area contributed by atoms with E-state index >= 15 is 0 Å². The maximum Gasteiger partial charge on any atom is 0.280 e. The summed E-state index contributed by atoms with van der Waals surface area (Å²) in [4.78, 5) is 17.2. The number of aromatic nitrogens is 4. The van der Waals surface area contributed by atoms with Gasteiger partial charge in [0.25, 0.3) is 5.56 Å². The summed E-state index contributed by atoms with van der Waals surface area (Å²) in [6, 6.07) is 9.32. The van der Waals surface area contributed by atoms with Gasteiger partial charge in [0.15, 0.2) is 10.8 Å². The van der Waals surface area contributed by atoms with E-state index in [1.165, 1.54) is 4.68 Å². The number of thiocarbonyl (C=S) groups is 1. The van der Waals surface area contributed by atoms with E-state index in [1.807, 2.05) is 31.2 Å². The van der Waals surface area contributed by atoms with Crippen molar-refractivity contribution in [3.8, 4) is 11.1 Å². The monoisotopic (exact) mass is 398 g/mol. The third kappa shape index (κ3) is 2.92. The van der Waals surface area contributed by atoms with Crippen molar-refractivity contribution >= 4 is 45.5 Å². The standard InChI is InChI=1S/C18H15ClN6OS/c1-2-13-15(10-3-5-11(19)6-4-10)16-21-9-12-14(25(16)22-13)7-8-24(17(12)26)23-18(20)27/h3-9H,2H2,1H3,(H3,20,23,27). The first-order valence-electron chi connectivity index (χ1n) is 8.24. The Morgan fingerprint density at radius 1 is 1.30 bits per heavy atom. The molecule has 136 valence electrons. The van der Waals surface area contributed by atoms with Crippen molar-refractivity contribution in [1.29, 1.82) is 0 Å². The van der Waals surface area contributed by atoms with Gasteiger partial charge < -0.3 is 5.73 Å². The molecule has 0 aliphatic rings. The van der Waals surface area contributed by atoms with Gasteiger partial charge >= 0.3 is 0 Å². The lowest BCUT2D eigenvalue weighted by Gasteiger charge is -2.08. The van der Waals surface area contributed by atoms with Gasteiger partial charge in [-0.15, -0.1) is 0 Å². The Balaban J connectivity index is 2.01. The van der Waals surface area contributed by atoms with Crippen LogP contribution in [0.4, 0.5) is 0 Å². The quantitative estimate of drug-likeness (QED) is 0.516. The van der Waals surface area contributed by atoms with Crippen molar-refractivity contribution in [3.05, 3.63) is 63.8 Å². The van der Waals surface area contributed by atoms with Crippen molar-refractivity contribution in [1.82, 2.24) is 19.3 Å². The molecular formula is C18H15ClN6OS. The van der Waals surface area contributed by atoms with Gasteiger partial charge in [0, 0.05) is 23.0 Å². The van der Waals surface area contributed by atoms with E-state index in [4.69, 9.17) is 34.7 Å². The molecule has 0 saturated carbocycles. The second-order valence-electron chi connectivity index (χ2n) is 5.94. The molecule has 0 saturated heterocycles. The molecule has 0 aliphatic heterocycles. The number of aryl methyl sites for hydroxylation is 1. The molecule has 0 radical (unpaired) electrons. The largest absolute Gasteiger partial charge is 0.375 e. The number of hydrogen-bond donors (Lipinski definition) is 2. The summed E-state index contributed by atoms with van der Waals surface area (Å²) in [7, 11) is 0. The van der Waals surface area contributed by atoms with Crippen LogP contribution in [0.25, 0.3) is 27.7 Å². The number of fused-ring (bicyclic) bond motifs is 3. The lowest BCUT2D eigenvalue weighted by atomic mass is 10.0. The Hall–Kier alpha value is -2.97. The minimum Gasteiger partial charge on any atom is -0.375 e. The highest BCUT2D eigenvalue weighted by molar-refractivity contribution is 7.80. The molecule has 0 fully saturated rings. The van der Waals surface area contributed by atoms with Gasteiger partial charge in [0.2, 0.25) is 0 Å². The van der Waals surface area contributed by atoms with E-state index in [0.717, 1.165) is 23.2 Å². The van der Waals surface area contributed by atoms with Crippen LogP contribution >= 0.6 is 23.8 Å². The maximum atomic E-state index is 12.7. The molecule has 0 aliphatic carbocycles. The Morgan fingerprint density at radius 3 is 2.70 bits per heavy atom. The normalized spacial score (nSPS) is 11.2. The van der Waals surface area contributed by atoms with Gasteiger partial charge in [-0.05, 0) is 42.4 Å². The van der Waals surface area contributed by atoms with E-state index in [0.29, 0.717) is 21.6 Å². The summed E-state index contributed by atoms with van der Waals surface area (Å²) in [6.45, 7) is 2.03. The molecule has 4 aromatic rings. The van der Waals surface area contributed by atoms with Crippen molar-refractivity contribution in [3.63, 3.8) is 0 Å². The van der Waals surface area contributed by atoms with Gasteiger partial charge in [-0.3, -0.25) is 10.2 Å². The van der Waals surface area contributed by atoms with Gasteiger partial charge in [-0.1, -0.05) is 30.7 Å². The predicted octanol–water partition coefficient (Wildman–Crippen LogP) is 2.71. The molecule has 3 N–H and O–H groups in total. The summed E-state index contributed by atoms with van der Waals surface area (Å²) in [5.41, 5.74) is 11.9. The molecule has 0 bridgehead atoms. The zero-order chi connectivity index (χ0) is 19.1. The number of nitrogens with one attached hydrogen (secondary N) is 1. The summed E-state index contributed by atoms with van der Waals surface area (Å²) in [6.07, 6.45) is 3.84. The predicted molar refractivity (Wildman–Crippen MR) is 111 cm³/mol. The fraction of sp³-hybridized carbons (Fsp3) is 0.111. The van der Waals surface area contributed by atoms with Gasteiger partial charge in [-0.2, -0.15) is 5.10 Å². The number of nitrogens with two attached hydrogens (primary N) is 1. The van der Waals surface area contributed by atoms with Crippen LogP contribution in [0.3, 0.4) is 0 Å². The molecule has 0 amide bonds. The molecule has 0 spiro atoms. The van der Waals surface area contributed by atoms with Crippen molar-refractivity contribution < 1.29 is 0 Å². The first-order valence-corrected chi connectivity index (χ1v) is 9.02. The molecule has 3 aromatic heterocycles. The molecule has 3 heterocycles. The highest BCUT2D eigenvalue weighted by atomic mass is 35.5. The third-order valence-electron chi connectivity index (χ3n) is 4.28. The maximum absolute atomic E-state index is 12.7. The van der Waals surface area contributed by atoms with E-state index in [-0.39, 0.29) is 10.7 Å². The Bertz CT molecular complexity index is 1240. The smallest absolute Gasteiger partial charge is 0.280 e. The van der Waals surface area contributed by atoms with Crippen LogP contribution in [-0.4, -0.2) is 24.4 Å². The molecule has 7 nitrogen and oxygen atoms in total. The van der Waals surface area contributed by atoms with Crippen LogP contribution in [0.2, 0.25) is 5.02 Å². The zero-order valence-corrected chi connectivity index (χ0v) is 15.9. The van der Waals surface area contributed by atoms with E-state index in [9.17, 15) is 4.79 Å². The topological polar surface area (TPSA) is 90.2 Å². The molecule has 0 unspecified atom stereocenters. The van der Waals surface area contributed by atoms with E-state index < -0.39 is 0 Å². The molecule has 1 aromatic carbocycles. The lowest BCUT2D eigenvalue weighted by molar-refractivity contribution is 0.896. The van der Waals surface area contributed by atoms with Crippen molar-refractivity contribution in [2.45, 2.75) is 13.3 Å². The highest BCUT2D eigenvalue weighted by Crippen LogP contribution is 2.30. The molecule has 4 rings (SSSR count). The van der Waals surface area contributed by atoms with Crippen molar-refractivity contribution in [2.75, 3.05) is 5.43 Å². The molecular weight excluding hydrogens is 384 g/mol. The Labute approximate surface area is 164 Å². The third-order valence-corrected chi connectivity index (χ3v) is 4.63. The van der Waals surface area contributed by atoms with E-state index in [1.54, 1.807) is 23.0 Å². The Kier molecular flexibility index (Phi) is 4.29. The summed E-state index contributed by atoms with van der Waals surface area (Å²) in [5.74, 6) is 0. The minimum atomic E-state index is -0.309. The number of rotatable bonds is 3. The second-order valence-corrected chi connectivity index (χ2v) is 6.82. The first kappa shape index (κ1) is 17.4.